The monoisotopic (exact) mass is 338 g/mol. The summed E-state index contributed by atoms with van der Waals surface area (Å²) in [6.07, 6.45) is 2.11. The van der Waals surface area contributed by atoms with Gasteiger partial charge in [-0.15, -0.1) is 11.6 Å². The largest absolute Gasteiger partial charge is 0.118 e. The molecule has 0 amide bonds. The molecule has 0 aliphatic carbocycles. The molecule has 0 fully saturated rings. The molecule has 78 valence electrons. The molecule has 1 atom stereocenters. The normalized spacial score (nSPS) is 12.9. The van der Waals surface area contributed by atoms with Gasteiger partial charge in [-0.3, -0.25) is 0 Å². The maximum absolute atomic E-state index is 6.29. The van der Waals surface area contributed by atoms with Crippen LogP contribution in [0.15, 0.2) is 21.1 Å². The van der Waals surface area contributed by atoms with Crippen LogP contribution in [0.2, 0.25) is 0 Å². The van der Waals surface area contributed by atoms with Crippen molar-refractivity contribution in [1.82, 2.24) is 0 Å². The summed E-state index contributed by atoms with van der Waals surface area (Å²) in [5.41, 5.74) is 2.40. The van der Waals surface area contributed by atoms with Crippen molar-refractivity contribution in [2.75, 3.05) is 0 Å². The highest BCUT2D eigenvalue weighted by atomic mass is 79.9. The number of hydrogen-bond donors (Lipinski definition) is 0. The lowest BCUT2D eigenvalue weighted by molar-refractivity contribution is 0.767. The number of aryl methyl sites for hydroxylation is 1. The molecule has 1 rings (SSSR count). The fraction of sp³-hybridized carbons (Fsp3) is 0.455. The second-order valence-electron chi connectivity index (χ2n) is 3.38. The summed E-state index contributed by atoms with van der Waals surface area (Å²) in [5, 5.41) is 0.103. The smallest absolute Gasteiger partial charge is 0.0596 e. The van der Waals surface area contributed by atoms with Crippen LogP contribution in [0.5, 0.6) is 0 Å². The van der Waals surface area contributed by atoms with Crippen molar-refractivity contribution in [3.63, 3.8) is 0 Å². The van der Waals surface area contributed by atoms with E-state index in [1.807, 2.05) is 0 Å². The Morgan fingerprint density at radius 2 is 1.93 bits per heavy atom. The van der Waals surface area contributed by atoms with Crippen molar-refractivity contribution in [2.24, 2.45) is 0 Å². The minimum absolute atomic E-state index is 0.103. The molecule has 0 aliphatic rings. The predicted molar refractivity (Wildman–Crippen MR) is 70.1 cm³/mol. The van der Waals surface area contributed by atoms with E-state index in [2.05, 4.69) is 57.8 Å². The van der Waals surface area contributed by atoms with Gasteiger partial charge >= 0.3 is 0 Å². The molecule has 3 heteroatoms. The molecule has 0 heterocycles. The molecule has 0 aliphatic heterocycles. The fourth-order valence-electron chi connectivity index (χ4n) is 1.31. The summed E-state index contributed by atoms with van der Waals surface area (Å²) < 4.78 is 2.23. The Morgan fingerprint density at radius 3 is 2.50 bits per heavy atom. The SMILES string of the molecule is CCCC(Cl)c1cc(Br)c(C)cc1Br. The van der Waals surface area contributed by atoms with Gasteiger partial charge in [-0.25, -0.2) is 0 Å². The summed E-state index contributed by atoms with van der Waals surface area (Å²) in [6, 6.07) is 4.21. The summed E-state index contributed by atoms with van der Waals surface area (Å²) in [6.45, 7) is 4.22. The van der Waals surface area contributed by atoms with Gasteiger partial charge in [0.2, 0.25) is 0 Å². The number of rotatable bonds is 3. The summed E-state index contributed by atoms with van der Waals surface area (Å²) in [4.78, 5) is 0. The van der Waals surface area contributed by atoms with Crippen LogP contribution in [0.4, 0.5) is 0 Å². The molecule has 0 saturated heterocycles. The van der Waals surface area contributed by atoms with Gasteiger partial charge in [0.1, 0.15) is 0 Å². The molecule has 0 spiro atoms. The Balaban J connectivity index is 3.02. The highest BCUT2D eigenvalue weighted by Crippen LogP contribution is 2.35. The van der Waals surface area contributed by atoms with Crippen LogP contribution in [0.1, 0.15) is 36.3 Å². The molecule has 0 aromatic heterocycles. The van der Waals surface area contributed by atoms with E-state index in [0.717, 1.165) is 21.8 Å². The molecule has 0 radical (unpaired) electrons. The van der Waals surface area contributed by atoms with Crippen molar-refractivity contribution >= 4 is 43.5 Å². The second-order valence-corrected chi connectivity index (χ2v) is 5.61. The zero-order valence-electron chi connectivity index (χ0n) is 8.28. The summed E-state index contributed by atoms with van der Waals surface area (Å²) in [5.74, 6) is 0. The maximum atomic E-state index is 6.29. The number of hydrogen-bond acceptors (Lipinski definition) is 0. The van der Waals surface area contributed by atoms with Crippen LogP contribution in [0, 0.1) is 6.92 Å². The van der Waals surface area contributed by atoms with E-state index in [-0.39, 0.29) is 5.38 Å². The lowest BCUT2D eigenvalue weighted by Gasteiger charge is -2.12. The van der Waals surface area contributed by atoms with E-state index in [9.17, 15) is 0 Å². The zero-order valence-corrected chi connectivity index (χ0v) is 12.2. The molecule has 1 aromatic carbocycles. The lowest BCUT2D eigenvalue weighted by Crippen LogP contribution is -1.93. The molecule has 0 N–H and O–H groups in total. The third kappa shape index (κ3) is 2.98. The Morgan fingerprint density at radius 1 is 1.29 bits per heavy atom. The average molecular weight is 340 g/mol. The Labute approximate surface area is 107 Å². The van der Waals surface area contributed by atoms with E-state index in [1.54, 1.807) is 0 Å². The zero-order chi connectivity index (χ0) is 10.7. The third-order valence-corrected chi connectivity index (χ3v) is 4.15. The molecule has 0 nitrogen and oxygen atoms in total. The highest BCUT2D eigenvalue weighted by molar-refractivity contribution is 9.11. The summed E-state index contributed by atoms with van der Waals surface area (Å²) in [7, 11) is 0. The lowest BCUT2D eigenvalue weighted by atomic mass is 10.1. The molecular formula is C11H13Br2Cl. The first-order valence-corrected chi connectivity index (χ1v) is 6.68. The minimum atomic E-state index is 0.103. The number of benzene rings is 1. The van der Waals surface area contributed by atoms with E-state index in [0.29, 0.717) is 0 Å². The molecular weight excluding hydrogens is 327 g/mol. The van der Waals surface area contributed by atoms with Crippen molar-refractivity contribution in [2.45, 2.75) is 32.1 Å². The van der Waals surface area contributed by atoms with Crippen LogP contribution in [-0.2, 0) is 0 Å². The molecule has 14 heavy (non-hydrogen) atoms. The second kappa shape index (κ2) is 5.53. The van der Waals surface area contributed by atoms with Crippen LogP contribution in [-0.4, -0.2) is 0 Å². The van der Waals surface area contributed by atoms with Crippen molar-refractivity contribution < 1.29 is 0 Å². The van der Waals surface area contributed by atoms with Crippen LogP contribution < -0.4 is 0 Å². The van der Waals surface area contributed by atoms with Gasteiger partial charge in [0.15, 0.2) is 0 Å². The van der Waals surface area contributed by atoms with Crippen molar-refractivity contribution in [3.05, 3.63) is 32.2 Å². The molecule has 0 saturated carbocycles. The highest BCUT2D eigenvalue weighted by Gasteiger charge is 2.12. The Hall–Kier alpha value is 0.470. The van der Waals surface area contributed by atoms with Crippen LogP contribution >= 0.6 is 43.5 Å². The van der Waals surface area contributed by atoms with Gasteiger partial charge in [0.25, 0.3) is 0 Å². The van der Waals surface area contributed by atoms with E-state index < -0.39 is 0 Å². The van der Waals surface area contributed by atoms with Gasteiger partial charge in [0.05, 0.1) is 5.38 Å². The summed E-state index contributed by atoms with van der Waals surface area (Å²) >= 11 is 13.4. The Kier molecular flexibility index (Phi) is 4.95. The first kappa shape index (κ1) is 12.5. The van der Waals surface area contributed by atoms with E-state index in [1.165, 1.54) is 11.1 Å². The molecule has 1 unspecified atom stereocenters. The van der Waals surface area contributed by atoms with Gasteiger partial charge in [-0.1, -0.05) is 45.2 Å². The molecule has 1 aromatic rings. The first-order chi connectivity index (χ1) is 6.56. The topological polar surface area (TPSA) is 0 Å². The van der Waals surface area contributed by atoms with Gasteiger partial charge in [0, 0.05) is 8.95 Å². The maximum Gasteiger partial charge on any atom is 0.0596 e. The van der Waals surface area contributed by atoms with Gasteiger partial charge in [-0.2, -0.15) is 0 Å². The number of alkyl halides is 1. The predicted octanol–water partition coefficient (Wildman–Crippen LogP) is 5.60. The van der Waals surface area contributed by atoms with Crippen molar-refractivity contribution in [1.29, 1.82) is 0 Å². The van der Waals surface area contributed by atoms with Gasteiger partial charge < -0.3 is 0 Å². The van der Waals surface area contributed by atoms with Gasteiger partial charge in [-0.05, 0) is 36.6 Å². The number of halogens is 3. The van der Waals surface area contributed by atoms with Crippen LogP contribution in [0.3, 0.4) is 0 Å². The van der Waals surface area contributed by atoms with Crippen molar-refractivity contribution in [3.8, 4) is 0 Å². The van der Waals surface area contributed by atoms with Crippen LogP contribution in [0.25, 0.3) is 0 Å². The minimum Gasteiger partial charge on any atom is -0.118 e. The van der Waals surface area contributed by atoms with E-state index >= 15 is 0 Å². The average Bonchev–Trinajstić information content (AvgIpc) is 2.11. The van der Waals surface area contributed by atoms with E-state index in [4.69, 9.17) is 11.6 Å². The Bertz CT molecular complexity index is 323. The fourth-order valence-corrected chi connectivity index (χ4v) is 2.94. The third-order valence-electron chi connectivity index (χ3n) is 2.16. The standard InChI is InChI=1S/C11H13Br2Cl/c1-3-4-11(14)8-6-9(12)7(2)5-10(8)13/h5-6,11H,3-4H2,1-2H3. The molecule has 0 bridgehead atoms. The first-order valence-electron chi connectivity index (χ1n) is 4.65. The quantitative estimate of drug-likeness (QED) is 0.628.